The number of H-pyrrole nitrogens is 1. The maximum Gasteiger partial charge on any atom is 0.356 e. The van der Waals surface area contributed by atoms with E-state index in [-0.39, 0.29) is 24.2 Å². The van der Waals surface area contributed by atoms with E-state index in [0.717, 1.165) is 0 Å². The molecule has 2 aromatic rings. The van der Waals surface area contributed by atoms with Gasteiger partial charge in [0.05, 0.1) is 25.6 Å². The van der Waals surface area contributed by atoms with Crippen LogP contribution in [0.1, 0.15) is 19.8 Å². The predicted octanol–water partition coefficient (Wildman–Crippen LogP) is 0.429. The fourth-order valence-corrected chi connectivity index (χ4v) is 3.99. The number of fused-ring (bicyclic) bond motifs is 1. The van der Waals surface area contributed by atoms with Crippen molar-refractivity contribution in [2.75, 3.05) is 12.3 Å². The third-order valence-corrected chi connectivity index (χ3v) is 5.39. The summed E-state index contributed by atoms with van der Waals surface area (Å²) in [5.41, 5.74) is 5.69. The first-order valence-corrected chi connectivity index (χ1v) is 8.88. The molecule has 10 nitrogen and oxygen atoms in total. The van der Waals surface area contributed by atoms with Crippen LogP contribution in [-0.4, -0.2) is 43.0 Å². The Balaban J connectivity index is 1.77. The summed E-state index contributed by atoms with van der Waals surface area (Å²) in [6.07, 6.45) is 2.21. The van der Waals surface area contributed by atoms with Crippen molar-refractivity contribution >= 4 is 24.7 Å². The number of anilines is 1. The molecule has 126 valence electrons. The number of nitrogen functional groups attached to an aromatic ring is 1. The lowest BCUT2D eigenvalue weighted by atomic mass is 10.2. The van der Waals surface area contributed by atoms with Gasteiger partial charge in [-0.3, -0.25) is 14.3 Å². The second-order valence-corrected chi connectivity index (χ2v) is 7.25. The highest BCUT2D eigenvalue weighted by Crippen LogP contribution is 2.52. The quantitative estimate of drug-likeness (QED) is 0.663. The molecule has 3 rings (SSSR count). The Morgan fingerprint density at radius 1 is 1.61 bits per heavy atom. The summed E-state index contributed by atoms with van der Waals surface area (Å²) in [5.74, 6) is -0.825. The SMILES string of the molecule is CCOP(=O)(O)C1CCC(Cn2cnc3c(=O)[nH]c(N)nc32)O1. The molecular formula is C12H18N5O5P. The zero-order valence-electron chi connectivity index (χ0n) is 12.5. The predicted molar refractivity (Wildman–Crippen MR) is 81.9 cm³/mol. The van der Waals surface area contributed by atoms with Crippen LogP contribution in [0, 0.1) is 0 Å². The lowest BCUT2D eigenvalue weighted by Gasteiger charge is -2.18. The van der Waals surface area contributed by atoms with E-state index in [1.807, 2.05) is 0 Å². The topological polar surface area (TPSA) is 145 Å². The van der Waals surface area contributed by atoms with Crippen molar-refractivity contribution in [3.63, 3.8) is 0 Å². The van der Waals surface area contributed by atoms with Gasteiger partial charge in [-0.05, 0) is 19.8 Å². The number of aromatic nitrogens is 4. The molecule has 11 heteroatoms. The van der Waals surface area contributed by atoms with Gasteiger partial charge in [-0.2, -0.15) is 4.98 Å². The molecule has 0 spiro atoms. The lowest BCUT2D eigenvalue weighted by molar-refractivity contribution is 0.0575. The van der Waals surface area contributed by atoms with Crippen molar-refractivity contribution in [1.29, 1.82) is 0 Å². The third-order valence-electron chi connectivity index (χ3n) is 3.66. The number of imidazole rings is 1. The van der Waals surface area contributed by atoms with Crippen molar-refractivity contribution in [2.45, 2.75) is 38.3 Å². The molecule has 1 fully saturated rings. The normalized spacial score (nSPS) is 24.1. The van der Waals surface area contributed by atoms with Gasteiger partial charge in [0.25, 0.3) is 5.56 Å². The molecule has 0 aromatic carbocycles. The van der Waals surface area contributed by atoms with E-state index >= 15 is 0 Å². The van der Waals surface area contributed by atoms with Crippen LogP contribution in [0.3, 0.4) is 0 Å². The number of aromatic amines is 1. The highest BCUT2D eigenvalue weighted by molar-refractivity contribution is 7.53. The summed E-state index contributed by atoms with van der Waals surface area (Å²) in [6.45, 7) is 2.16. The molecule has 3 heterocycles. The summed E-state index contributed by atoms with van der Waals surface area (Å²) in [6, 6.07) is 0. The average Bonchev–Trinajstić information content (AvgIpc) is 3.08. The van der Waals surface area contributed by atoms with Crippen molar-refractivity contribution in [3.05, 3.63) is 16.7 Å². The molecule has 3 atom stereocenters. The average molecular weight is 343 g/mol. The summed E-state index contributed by atoms with van der Waals surface area (Å²) in [5, 5.41) is 0. The highest BCUT2D eigenvalue weighted by atomic mass is 31.2. The van der Waals surface area contributed by atoms with E-state index in [1.165, 1.54) is 6.33 Å². The fraction of sp³-hybridized carbons (Fsp3) is 0.583. The number of hydrogen-bond acceptors (Lipinski definition) is 7. The number of nitrogens with zero attached hydrogens (tertiary/aromatic N) is 3. The molecular weight excluding hydrogens is 325 g/mol. The molecule has 0 amide bonds. The molecule has 4 N–H and O–H groups in total. The van der Waals surface area contributed by atoms with Crippen LogP contribution in [0.15, 0.2) is 11.1 Å². The highest BCUT2D eigenvalue weighted by Gasteiger charge is 2.40. The molecule has 0 saturated carbocycles. The van der Waals surface area contributed by atoms with Crippen LogP contribution in [-0.2, 0) is 20.4 Å². The van der Waals surface area contributed by atoms with Gasteiger partial charge in [-0.15, -0.1) is 0 Å². The molecule has 23 heavy (non-hydrogen) atoms. The van der Waals surface area contributed by atoms with Crippen LogP contribution in [0.4, 0.5) is 5.95 Å². The summed E-state index contributed by atoms with van der Waals surface area (Å²) < 4.78 is 24.2. The minimum absolute atomic E-state index is 0.00525. The van der Waals surface area contributed by atoms with Gasteiger partial charge in [-0.25, -0.2) is 4.98 Å². The van der Waals surface area contributed by atoms with E-state index in [4.69, 9.17) is 15.0 Å². The van der Waals surface area contributed by atoms with Crippen LogP contribution in [0.25, 0.3) is 11.2 Å². The number of nitrogens with one attached hydrogen (secondary N) is 1. The first kappa shape index (κ1) is 16.1. The first-order valence-electron chi connectivity index (χ1n) is 7.24. The van der Waals surface area contributed by atoms with Gasteiger partial charge >= 0.3 is 7.60 Å². The molecule has 0 bridgehead atoms. The molecule has 1 aliphatic rings. The zero-order valence-corrected chi connectivity index (χ0v) is 13.4. The van der Waals surface area contributed by atoms with Crippen LogP contribution >= 0.6 is 7.60 Å². The number of rotatable bonds is 5. The second-order valence-electron chi connectivity index (χ2n) is 5.29. The molecule has 1 saturated heterocycles. The van der Waals surface area contributed by atoms with Gasteiger partial charge in [0, 0.05) is 0 Å². The summed E-state index contributed by atoms with van der Waals surface area (Å²) in [4.78, 5) is 32.0. The number of ether oxygens (including phenoxy) is 1. The van der Waals surface area contributed by atoms with E-state index in [1.54, 1.807) is 11.5 Å². The van der Waals surface area contributed by atoms with Crippen LogP contribution in [0.2, 0.25) is 0 Å². The van der Waals surface area contributed by atoms with Gasteiger partial charge in [0.2, 0.25) is 5.95 Å². The van der Waals surface area contributed by atoms with E-state index in [2.05, 4.69) is 15.0 Å². The molecule has 2 aromatic heterocycles. The molecule has 1 aliphatic heterocycles. The van der Waals surface area contributed by atoms with Crippen molar-refractivity contribution < 1.29 is 18.7 Å². The minimum Gasteiger partial charge on any atom is -0.369 e. The van der Waals surface area contributed by atoms with Crippen molar-refractivity contribution in [1.82, 2.24) is 19.5 Å². The fourth-order valence-electron chi connectivity index (χ4n) is 2.65. The minimum atomic E-state index is -3.77. The Bertz CT molecular complexity index is 818. The van der Waals surface area contributed by atoms with Crippen LogP contribution < -0.4 is 11.3 Å². The second kappa shape index (κ2) is 6.04. The largest absolute Gasteiger partial charge is 0.369 e. The Morgan fingerprint density at radius 2 is 2.39 bits per heavy atom. The van der Waals surface area contributed by atoms with E-state index in [9.17, 15) is 14.3 Å². The molecule has 0 radical (unpaired) electrons. The Labute approximate surface area is 131 Å². The molecule has 0 aliphatic carbocycles. The lowest BCUT2D eigenvalue weighted by Crippen LogP contribution is -2.19. The maximum atomic E-state index is 12.0. The number of hydrogen-bond donors (Lipinski definition) is 3. The Hall–Kier alpha value is -1.74. The summed E-state index contributed by atoms with van der Waals surface area (Å²) >= 11 is 0. The summed E-state index contributed by atoms with van der Waals surface area (Å²) in [7, 11) is -3.77. The Morgan fingerprint density at radius 3 is 3.13 bits per heavy atom. The van der Waals surface area contributed by atoms with Crippen LogP contribution in [0.5, 0.6) is 0 Å². The molecule has 3 unspecified atom stereocenters. The van der Waals surface area contributed by atoms with E-state index < -0.39 is 19.0 Å². The van der Waals surface area contributed by atoms with Gasteiger partial charge in [0.15, 0.2) is 17.0 Å². The third kappa shape index (κ3) is 3.16. The standard InChI is InChI=1S/C12H18N5O5P/c1-2-21-23(19,20)8-4-3-7(22-8)5-17-6-14-9-10(17)15-12(13)16-11(9)18/h6-8H,2-5H2,1H3,(H,19,20)(H3,13,15,16,18). The van der Waals surface area contributed by atoms with E-state index in [0.29, 0.717) is 25.0 Å². The van der Waals surface area contributed by atoms with Gasteiger partial charge < -0.3 is 24.5 Å². The van der Waals surface area contributed by atoms with Crippen molar-refractivity contribution in [2.24, 2.45) is 0 Å². The zero-order chi connectivity index (χ0) is 16.6. The van der Waals surface area contributed by atoms with Gasteiger partial charge in [0.1, 0.15) is 0 Å². The van der Waals surface area contributed by atoms with Crippen molar-refractivity contribution in [3.8, 4) is 0 Å². The monoisotopic (exact) mass is 343 g/mol. The van der Waals surface area contributed by atoms with Gasteiger partial charge in [-0.1, -0.05) is 0 Å². The number of nitrogens with two attached hydrogens (primary N) is 1. The Kier molecular flexibility index (Phi) is 4.24. The first-order chi connectivity index (χ1) is 10.9. The maximum absolute atomic E-state index is 12.0. The smallest absolute Gasteiger partial charge is 0.356 e.